The topological polar surface area (TPSA) is 27.8 Å². The first-order chi connectivity index (χ1) is 15.7. The minimum Gasteiger partial charge on any atom is -0.361 e. The fourth-order valence-corrected chi connectivity index (χ4v) is 4.05. The second kappa shape index (κ2) is 8.44. The van der Waals surface area contributed by atoms with Crippen LogP contribution in [0.4, 0.5) is 5.69 Å². The van der Waals surface area contributed by atoms with Crippen LogP contribution in [-0.2, 0) is 0 Å². The van der Waals surface area contributed by atoms with Gasteiger partial charge in [0.15, 0.2) is 0 Å². The lowest BCUT2D eigenvalue weighted by molar-refractivity contribution is 1.41. The van der Waals surface area contributed by atoms with E-state index in [1.54, 1.807) is 0 Å². The molecule has 0 aliphatic heterocycles. The van der Waals surface area contributed by atoms with Gasteiger partial charge in [-0.25, -0.2) is 0 Å². The number of nitrogens with one attached hydrogen (secondary N) is 2. The van der Waals surface area contributed by atoms with Gasteiger partial charge in [0.25, 0.3) is 0 Å². The van der Waals surface area contributed by atoms with Crippen molar-refractivity contribution < 1.29 is 0 Å². The van der Waals surface area contributed by atoms with Crippen molar-refractivity contribution in [3.05, 3.63) is 128 Å². The molecule has 0 radical (unpaired) electrons. The zero-order valence-corrected chi connectivity index (χ0v) is 17.8. The van der Waals surface area contributed by atoms with Crippen LogP contribution in [0.25, 0.3) is 44.9 Å². The second-order valence-corrected chi connectivity index (χ2v) is 7.84. The number of fused-ring (bicyclic) bond motifs is 1. The molecule has 2 nitrogen and oxygen atoms in total. The Morgan fingerprint density at radius 1 is 0.719 bits per heavy atom. The van der Waals surface area contributed by atoms with Gasteiger partial charge in [-0.15, -0.1) is 0 Å². The fraction of sp³-hybridized carbons (Fsp3) is 0. The summed E-state index contributed by atoms with van der Waals surface area (Å²) in [5.74, 6) is 0. The summed E-state index contributed by atoms with van der Waals surface area (Å²) in [7, 11) is 0. The van der Waals surface area contributed by atoms with E-state index in [4.69, 9.17) is 0 Å². The lowest BCUT2D eigenvalue weighted by Crippen LogP contribution is -1.99. The number of para-hydroxylation sites is 1. The van der Waals surface area contributed by atoms with Crippen molar-refractivity contribution in [1.29, 1.82) is 0 Å². The van der Waals surface area contributed by atoms with E-state index in [-0.39, 0.29) is 0 Å². The largest absolute Gasteiger partial charge is 0.361 e. The van der Waals surface area contributed by atoms with Crippen LogP contribution in [0, 0.1) is 0 Å². The molecule has 5 rings (SSSR count). The van der Waals surface area contributed by atoms with Crippen LogP contribution in [0.3, 0.4) is 0 Å². The molecule has 1 heterocycles. The van der Waals surface area contributed by atoms with Crippen molar-refractivity contribution in [2.75, 3.05) is 5.32 Å². The molecule has 154 valence electrons. The molecule has 5 aromatic rings. The van der Waals surface area contributed by atoms with Gasteiger partial charge in [0.2, 0.25) is 0 Å². The highest BCUT2D eigenvalue weighted by atomic mass is 14.9. The summed E-state index contributed by atoms with van der Waals surface area (Å²) in [6.07, 6.45) is 3.84. The molecule has 0 aliphatic carbocycles. The highest BCUT2D eigenvalue weighted by Crippen LogP contribution is 2.31. The number of anilines is 1. The molecule has 0 saturated carbocycles. The van der Waals surface area contributed by atoms with Crippen LogP contribution in [-0.4, -0.2) is 4.98 Å². The number of rotatable bonds is 6. The maximum absolute atomic E-state index is 4.24. The van der Waals surface area contributed by atoms with E-state index in [1.807, 2.05) is 48.7 Å². The van der Waals surface area contributed by atoms with Crippen LogP contribution in [0.2, 0.25) is 0 Å². The van der Waals surface area contributed by atoms with Gasteiger partial charge in [-0.3, -0.25) is 0 Å². The molecule has 0 atom stereocenters. The number of aromatic amines is 1. The standard InChI is InChI=1S/C30H24N2/c1-3-22-18-25(15-16-29(22)21(2)32-28-8-5-4-6-9-28)24-13-11-23-12-14-26(20-27(23)19-24)30-10-7-17-31-30/h3-20,31-32H,1-2H2. The predicted octanol–water partition coefficient (Wildman–Crippen LogP) is 8.23. The Kier molecular flexibility index (Phi) is 5.19. The predicted molar refractivity (Wildman–Crippen MR) is 138 cm³/mol. The number of hydrogen-bond donors (Lipinski definition) is 2. The van der Waals surface area contributed by atoms with Crippen LogP contribution in [0.15, 0.2) is 116 Å². The second-order valence-electron chi connectivity index (χ2n) is 7.84. The summed E-state index contributed by atoms with van der Waals surface area (Å²) in [5, 5.41) is 5.83. The molecule has 4 aromatic carbocycles. The summed E-state index contributed by atoms with van der Waals surface area (Å²) in [6.45, 7) is 8.28. The molecular weight excluding hydrogens is 388 g/mol. The van der Waals surface area contributed by atoms with Gasteiger partial charge in [-0.1, -0.05) is 73.8 Å². The summed E-state index contributed by atoms with van der Waals surface area (Å²) < 4.78 is 0. The Bertz CT molecular complexity index is 1410. The van der Waals surface area contributed by atoms with Crippen molar-refractivity contribution in [3.8, 4) is 22.4 Å². The molecule has 0 fully saturated rings. The summed E-state index contributed by atoms with van der Waals surface area (Å²) in [6, 6.07) is 33.8. The third-order valence-corrected chi connectivity index (χ3v) is 5.75. The highest BCUT2D eigenvalue weighted by molar-refractivity contribution is 5.91. The summed E-state index contributed by atoms with van der Waals surface area (Å²) >= 11 is 0. The minimum absolute atomic E-state index is 0.853. The van der Waals surface area contributed by atoms with Gasteiger partial charge < -0.3 is 10.3 Å². The molecular formula is C30H24N2. The maximum Gasteiger partial charge on any atom is 0.0454 e. The van der Waals surface area contributed by atoms with Gasteiger partial charge in [0.1, 0.15) is 0 Å². The summed E-state index contributed by atoms with van der Waals surface area (Å²) in [4.78, 5) is 3.29. The van der Waals surface area contributed by atoms with E-state index in [9.17, 15) is 0 Å². The van der Waals surface area contributed by atoms with Gasteiger partial charge in [0.05, 0.1) is 0 Å². The lowest BCUT2D eigenvalue weighted by atomic mass is 9.95. The Morgan fingerprint density at radius 2 is 1.44 bits per heavy atom. The molecule has 0 spiro atoms. The van der Waals surface area contributed by atoms with Crippen molar-refractivity contribution in [3.63, 3.8) is 0 Å². The minimum atomic E-state index is 0.853. The zero-order valence-electron chi connectivity index (χ0n) is 17.8. The number of hydrogen-bond acceptors (Lipinski definition) is 1. The number of aromatic nitrogens is 1. The molecule has 2 N–H and O–H groups in total. The fourth-order valence-electron chi connectivity index (χ4n) is 4.05. The maximum atomic E-state index is 4.24. The molecule has 32 heavy (non-hydrogen) atoms. The number of H-pyrrole nitrogens is 1. The monoisotopic (exact) mass is 412 g/mol. The lowest BCUT2D eigenvalue weighted by Gasteiger charge is -2.14. The first kappa shape index (κ1) is 19.7. The molecule has 0 saturated heterocycles. The third kappa shape index (κ3) is 3.86. The van der Waals surface area contributed by atoms with Crippen LogP contribution in [0.5, 0.6) is 0 Å². The highest BCUT2D eigenvalue weighted by Gasteiger charge is 2.08. The first-order valence-electron chi connectivity index (χ1n) is 10.7. The molecule has 0 unspecified atom stereocenters. The van der Waals surface area contributed by atoms with Gasteiger partial charge >= 0.3 is 0 Å². The smallest absolute Gasteiger partial charge is 0.0454 e. The Balaban J connectivity index is 1.49. The molecule has 2 heteroatoms. The van der Waals surface area contributed by atoms with Gasteiger partial charge in [0, 0.05) is 28.8 Å². The molecule has 0 bridgehead atoms. The van der Waals surface area contributed by atoms with E-state index >= 15 is 0 Å². The SMILES string of the molecule is C=Cc1cc(-c2ccc3ccc(-c4ccc[nH]4)cc3c2)ccc1C(=C)Nc1ccccc1. The molecule has 0 aliphatic rings. The third-order valence-electron chi connectivity index (χ3n) is 5.75. The van der Waals surface area contributed by atoms with E-state index in [1.165, 1.54) is 21.9 Å². The van der Waals surface area contributed by atoms with Crippen molar-refractivity contribution in [2.45, 2.75) is 0 Å². The Labute approximate surface area is 188 Å². The van der Waals surface area contributed by atoms with Crippen LogP contribution >= 0.6 is 0 Å². The number of benzene rings is 4. The average molecular weight is 413 g/mol. The van der Waals surface area contributed by atoms with Crippen LogP contribution < -0.4 is 5.32 Å². The molecule has 0 amide bonds. The van der Waals surface area contributed by atoms with E-state index < -0.39 is 0 Å². The Hall–Kier alpha value is -4.30. The van der Waals surface area contributed by atoms with E-state index in [2.05, 4.69) is 84.1 Å². The first-order valence-corrected chi connectivity index (χ1v) is 10.7. The Morgan fingerprint density at radius 3 is 2.19 bits per heavy atom. The van der Waals surface area contributed by atoms with Crippen molar-refractivity contribution in [2.24, 2.45) is 0 Å². The van der Waals surface area contributed by atoms with Gasteiger partial charge in [-0.05, 0) is 75.5 Å². The average Bonchev–Trinajstić information content (AvgIpc) is 3.38. The van der Waals surface area contributed by atoms with Crippen molar-refractivity contribution >= 4 is 28.2 Å². The van der Waals surface area contributed by atoms with E-state index in [0.717, 1.165) is 33.8 Å². The summed E-state index contributed by atoms with van der Waals surface area (Å²) in [5.41, 5.74) is 8.61. The molecule has 1 aromatic heterocycles. The van der Waals surface area contributed by atoms with Gasteiger partial charge in [-0.2, -0.15) is 0 Å². The van der Waals surface area contributed by atoms with Crippen molar-refractivity contribution in [1.82, 2.24) is 4.98 Å². The van der Waals surface area contributed by atoms with Crippen LogP contribution in [0.1, 0.15) is 11.1 Å². The zero-order chi connectivity index (χ0) is 21.9. The normalized spacial score (nSPS) is 10.8. The van der Waals surface area contributed by atoms with E-state index in [0.29, 0.717) is 0 Å². The quantitative estimate of drug-likeness (QED) is 0.289.